The molecule has 0 spiro atoms. The molecule has 82 valence electrons. The minimum Gasteiger partial charge on any atom is -0.495 e. The Balaban J connectivity index is 2.64. The van der Waals surface area contributed by atoms with Crippen LogP contribution in [0.1, 0.15) is 17.5 Å². The number of fused-ring (bicyclic) bond motifs is 1. The maximum absolute atomic E-state index is 11.5. The fourth-order valence-corrected chi connectivity index (χ4v) is 2.89. The van der Waals surface area contributed by atoms with E-state index >= 15 is 0 Å². The first-order valence-corrected chi connectivity index (χ1v) is 6.81. The average molecular weight is 226 g/mol. The summed E-state index contributed by atoms with van der Waals surface area (Å²) >= 11 is 0. The largest absolute Gasteiger partial charge is 0.495 e. The average Bonchev–Trinajstić information content (AvgIpc) is 2.60. The molecular weight excluding hydrogens is 212 g/mol. The summed E-state index contributed by atoms with van der Waals surface area (Å²) in [6, 6.07) is 3.62. The molecule has 3 nitrogen and oxygen atoms in total. The lowest BCUT2D eigenvalue weighted by atomic mass is 10.1. The maximum Gasteiger partial charge on any atom is 0.179 e. The van der Waals surface area contributed by atoms with Crippen LogP contribution in [0.3, 0.4) is 0 Å². The van der Waals surface area contributed by atoms with Crippen LogP contribution in [0.4, 0.5) is 0 Å². The van der Waals surface area contributed by atoms with Crippen LogP contribution in [-0.4, -0.2) is 21.8 Å². The molecule has 0 saturated carbocycles. The molecule has 0 N–H and O–H groups in total. The number of sulfone groups is 1. The zero-order valence-corrected chi connectivity index (χ0v) is 9.73. The zero-order valence-electron chi connectivity index (χ0n) is 8.91. The van der Waals surface area contributed by atoms with Crippen molar-refractivity contribution >= 4 is 9.84 Å². The van der Waals surface area contributed by atoms with Crippen molar-refractivity contribution in [2.45, 2.75) is 24.2 Å². The van der Waals surface area contributed by atoms with Gasteiger partial charge in [-0.05, 0) is 42.5 Å². The van der Waals surface area contributed by atoms with Crippen molar-refractivity contribution in [2.24, 2.45) is 0 Å². The SMILES string of the molecule is COc1cc2c(cc1S(C)(=O)=O)CCC2. The molecule has 0 atom stereocenters. The van der Waals surface area contributed by atoms with Gasteiger partial charge >= 0.3 is 0 Å². The van der Waals surface area contributed by atoms with E-state index in [9.17, 15) is 8.42 Å². The van der Waals surface area contributed by atoms with Crippen LogP contribution in [0, 0.1) is 0 Å². The van der Waals surface area contributed by atoms with E-state index in [0.717, 1.165) is 24.8 Å². The number of methoxy groups -OCH3 is 1. The Hall–Kier alpha value is -1.03. The molecule has 0 aromatic heterocycles. The van der Waals surface area contributed by atoms with Gasteiger partial charge in [-0.25, -0.2) is 8.42 Å². The topological polar surface area (TPSA) is 43.4 Å². The van der Waals surface area contributed by atoms with Gasteiger partial charge in [-0.3, -0.25) is 0 Å². The summed E-state index contributed by atoms with van der Waals surface area (Å²) in [6.45, 7) is 0. The second-order valence-electron chi connectivity index (χ2n) is 3.90. The standard InChI is InChI=1S/C11H14O3S/c1-14-10-6-8-4-3-5-9(8)7-11(10)15(2,12)13/h6-7H,3-5H2,1-2H3. The van der Waals surface area contributed by atoms with Crippen LogP contribution >= 0.6 is 0 Å². The van der Waals surface area contributed by atoms with E-state index in [2.05, 4.69) is 0 Å². The molecule has 0 radical (unpaired) electrons. The summed E-state index contributed by atoms with van der Waals surface area (Å²) in [4.78, 5) is 0.311. The first-order chi connectivity index (χ1) is 7.02. The highest BCUT2D eigenvalue weighted by Gasteiger charge is 2.20. The quantitative estimate of drug-likeness (QED) is 0.769. The Morgan fingerprint density at radius 1 is 1.20 bits per heavy atom. The van der Waals surface area contributed by atoms with Crippen LogP contribution in [0.25, 0.3) is 0 Å². The molecule has 2 rings (SSSR count). The van der Waals surface area contributed by atoms with Crippen molar-refractivity contribution in [2.75, 3.05) is 13.4 Å². The summed E-state index contributed by atoms with van der Waals surface area (Å²) < 4.78 is 28.2. The van der Waals surface area contributed by atoms with Crippen LogP contribution in [0.2, 0.25) is 0 Å². The lowest BCUT2D eigenvalue weighted by Crippen LogP contribution is -2.02. The van der Waals surface area contributed by atoms with Crippen molar-refractivity contribution in [3.8, 4) is 5.75 Å². The third-order valence-electron chi connectivity index (χ3n) is 2.78. The highest BCUT2D eigenvalue weighted by atomic mass is 32.2. The molecule has 0 bridgehead atoms. The molecule has 0 fully saturated rings. The highest BCUT2D eigenvalue weighted by molar-refractivity contribution is 7.90. The van der Waals surface area contributed by atoms with E-state index in [1.807, 2.05) is 6.07 Å². The van der Waals surface area contributed by atoms with Crippen LogP contribution in [0.5, 0.6) is 5.75 Å². The van der Waals surface area contributed by atoms with Crippen molar-refractivity contribution in [1.29, 1.82) is 0 Å². The molecule has 0 unspecified atom stereocenters. The number of hydrogen-bond donors (Lipinski definition) is 0. The molecule has 1 aliphatic carbocycles. The van der Waals surface area contributed by atoms with Crippen LogP contribution < -0.4 is 4.74 Å². The number of ether oxygens (including phenoxy) is 1. The van der Waals surface area contributed by atoms with Crippen molar-refractivity contribution in [3.05, 3.63) is 23.3 Å². The Kier molecular flexibility index (Phi) is 2.46. The van der Waals surface area contributed by atoms with Crippen LogP contribution in [-0.2, 0) is 22.7 Å². The summed E-state index contributed by atoms with van der Waals surface area (Å²) in [5, 5.41) is 0. The lowest BCUT2D eigenvalue weighted by Gasteiger charge is -2.09. The first-order valence-electron chi connectivity index (χ1n) is 4.92. The lowest BCUT2D eigenvalue weighted by molar-refractivity contribution is 0.402. The second-order valence-corrected chi connectivity index (χ2v) is 5.88. The monoisotopic (exact) mass is 226 g/mol. The third kappa shape index (κ3) is 1.86. The molecule has 0 amide bonds. The molecule has 0 heterocycles. The number of aryl methyl sites for hydroxylation is 2. The Labute approximate surface area is 90.0 Å². The van der Waals surface area contributed by atoms with Gasteiger partial charge in [-0.2, -0.15) is 0 Å². The Morgan fingerprint density at radius 3 is 2.33 bits per heavy atom. The van der Waals surface area contributed by atoms with Gasteiger partial charge in [0.05, 0.1) is 7.11 Å². The zero-order chi connectivity index (χ0) is 11.1. The van der Waals surface area contributed by atoms with Gasteiger partial charge in [-0.15, -0.1) is 0 Å². The van der Waals surface area contributed by atoms with Gasteiger partial charge in [-0.1, -0.05) is 0 Å². The molecular formula is C11H14O3S. The fourth-order valence-electron chi connectivity index (χ4n) is 2.03. The van der Waals surface area contributed by atoms with Crippen LogP contribution in [0.15, 0.2) is 17.0 Å². The van der Waals surface area contributed by atoms with Gasteiger partial charge in [0.1, 0.15) is 10.6 Å². The maximum atomic E-state index is 11.5. The summed E-state index contributed by atoms with van der Waals surface area (Å²) in [5.41, 5.74) is 2.37. The fraction of sp³-hybridized carbons (Fsp3) is 0.455. The van der Waals surface area contributed by atoms with E-state index in [0.29, 0.717) is 10.6 Å². The molecule has 1 aromatic rings. The molecule has 4 heteroatoms. The highest BCUT2D eigenvalue weighted by Crippen LogP contribution is 2.32. The van der Waals surface area contributed by atoms with E-state index < -0.39 is 9.84 Å². The van der Waals surface area contributed by atoms with Crippen molar-refractivity contribution in [3.63, 3.8) is 0 Å². The summed E-state index contributed by atoms with van der Waals surface area (Å²) in [5.74, 6) is 0.471. The molecule has 0 saturated heterocycles. The predicted octanol–water partition coefficient (Wildman–Crippen LogP) is 1.59. The molecule has 15 heavy (non-hydrogen) atoms. The van der Waals surface area contributed by atoms with Gasteiger partial charge in [0.2, 0.25) is 0 Å². The third-order valence-corrected chi connectivity index (χ3v) is 3.90. The summed E-state index contributed by atoms with van der Waals surface area (Å²) in [6.07, 6.45) is 4.31. The van der Waals surface area contributed by atoms with Gasteiger partial charge in [0, 0.05) is 6.26 Å². The van der Waals surface area contributed by atoms with E-state index in [-0.39, 0.29) is 0 Å². The van der Waals surface area contributed by atoms with Crippen molar-refractivity contribution in [1.82, 2.24) is 0 Å². The van der Waals surface area contributed by atoms with Crippen molar-refractivity contribution < 1.29 is 13.2 Å². The number of rotatable bonds is 2. The second kappa shape index (κ2) is 3.52. The van der Waals surface area contributed by atoms with Gasteiger partial charge in [0.25, 0.3) is 0 Å². The predicted molar refractivity (Wildman–Crippen MR) is 58.1 cm³/mol. The van der Waals surface area contributed by atoms with Gasteiger partial charge < -0.3 is 4.74 Å². The van der Waals surface area contributed by atoms with E-state index in [1.165, 1.54) is 18.9 Å². The number of benzene rings is 1. The summed E-state index contributed by atoms with van der Waals surface area (Å²) in [7, 11) is -1.69. The normalized spacial score (nSPS) is 15.1. The molecule has 0 aliphatic heterocycles. The first kappa shape index (κ1) is 10.5. The molecule has 1 aromatic carbocycles. The Bertz CT molecular complexity index is 489. The minimum atomic E-state index is -3.19. The molecule has 1 aliphatic rings. The van der Waals surface area contributed by atoms with E-state index in [4.69, 9.17) is 4.74 Å². The van der Waals surface area contributed by atoms with E-state index in [1.54, 1.807) is 6.07 Å². The van der Waals surface area contributed by atoms with Gasteiger partial charge in [0.15, 0.2) is 9.84 Å². The number of hydrogen-bond acceptors (Lipinski definition) is 3. The smallest absolute Gasteiger partial charge is 0.179 e. The Morgan fingerprint density at radius 2 is 1.80 bits per heavy atom. The minimum absolute atomic E-state index is 0.311.